The maximum atomic E-state index is 11.7. The fourth-order valence-corrected chi connectivity index (χ4v) is 3.16. The minimum absolute atomic E-state index is 0. The molecule has 1 aliphatic heterocycles. The Hall–Kier alpha value is -0.620. The zero-order valence-electron chi connectivity index (χ0n) is 12.0. The molecule has 1 amide bonds. The van der Waals surface area contributed by atoms with Gasteiger partial charge in [-0.2, -0.15) is 0 Å². The first-order valence-electron chi connectivity index (χ1n) is 6.99. The molecule has 0 aliphatic carbocycles. The van der Waals surface area contributed by atoms with Crippen LogP contribution in [-0.2, 0) is 11.2 Å². The molecule has 114 valence electrons. The highest BCUT2D eigenvalue weighted by Crippen LogP contribution is 2.15. The van der Waals surface area contributed by atoms with E-state index in [1.807, 2.05) is 6.07 Å². The number of hydrogen-bond acceptors (Lipinski definition) is 4. The third-order valence-electron chi connectivity index (χ3n) is 3.31. The van der Waals surface area contributed by atoms with Crippen molar-refractivity contribution in [3.05, 3.63) is 21.9 Å². The van der Waals surface area contributed by atoms with Crippen molar-refractivity contribution >= 4 is 29.7 Å². The van der Waals surface area contributed by atoms with Gasteiger partial charge in [-0.25, -0.2) is 0 Å². The van der Waals surface area contributed by atoms with E-state index in [0.29, 0.717) is 6.42 Å². The second kappa shape index (κ2) is 9.34. The Kier molecular flexibility index (Phi) is 8.14. The van der Waals surface area contributed by atoms with Gasteiger partial charge in [-0.3, -0.25) is 4.79 Å². The molecule has 1 aromatic rings. The van der Waals surface area contributed by atoms with Crippen LogP contribution in [0.4, 0.5) is 0 Å². The highest BCUT2D eigenvalue weighted by atomic mass is 35.5. The van der Waals surface area contributed by atoms with E-state index in [4.69, 9.17) is 0 Å². The Balaban J connectivity index is 0.00000200. The van der Waals surface area contributed by atoms with E-state index in [2.05, 4.69) is 28.5 Å². The summed E-state index contributed by atoms with van der Waals surface area (Å²) in [6.07, 6.45) is 1.56. The fraction of sp³-hybridized carbons (Fsp3) is 0.643. The smallest absolute Gasteiger partial charge is 0.225 e. The first-order chi connectivity index (χ1) is 9.24. The van der Waals surface area contributed by atoms with Gasteiger partial charge in [-0.1, -0.05) is 0 Å². The largest absolute Gasteiger partial charge is 0.356 e. The van der Waals surface area contributed by atoms with Crippen LogP contribution < -0.4 is 10.6 Å². The third-order valence-corrected chi connectivity index (χ3v) is 4.31. The number of aryl methyl sites for hydroxylation is 1. The molecule has 1 fully saturated rings. The molecule has 1 aromatic heterocycles. The van der Waals surface area contributed by atoms with Gasteiger partial charge in [0.15, 0.2) is 0 Å². The van der Waals surface area contributed by atoms with Gasteiger partial charge < -0.3 is 15.5 Å². The normalized spacial score (nSPS) is 15.7. The lowest BCUT2D eigenvalue weighted by atomic mass is 10.3. The lowest BCUT2D eigenvalue weighted by Gasteiger charge is -2.27. The number of halogens is 1. The SMILES string of the molecule is Cc1ccc(CC(=O)NCCCN2CCNCC2)s1.Cl. The molecule has 2 heterocycles. The maximum Gasteiger partial charge on any atom is 0.225 e. The predicted molar refractivity (Wildman–Crippen MR) is 86.9 cm³/mol. The number of piperazine rings is 1. The van der Waals surface area contributed by atoms with E-state index in [1.54, 1.807) is 11.3 Å². The molecule has 6 heteroatoms. The molecule has 2 rings (SSSR count). The fourth-order valence-electron chi connectivity index (χ4n) is 2.27. The van der Waals surface area contributed by atoms with E-state index in [0.717, 1.165) is 50.6 Å². The minimum Gasteiger partial charge on any atom is -0.356 e. The zero-order chi connectivity index (χ0) is 13.5. The summed E-state index contributed by atoms with van der Waals surface area (Å²) in [6, 6.07) is 4.11. The van der Waals surface area contributed by atoms with Gasteiger partial charge in [0.2, 0.25) is 5.91 Å². The van der Waals surface area contributed by atoms with Crippen molar-refractivity contribution < 1.29 is 4.79 Å². The molecular weight excluding hydrogens is 294 g/mol. The van der Waals surface area contributed by atoms with Crippen molar-refractivity contribution in [1.29, 1.82) is 0 Å². The number of hydrogen-bond donors (Lipinski definition) is 2. The van der Waals surface area contributed by atoms with Crippen molar-refractivity contribution in [3.8, 4) is 0 Å². The maximum absolute atomic E-state index is 11.7. The van der Waals surface area contributed by atoms with Gasteiger partial charge in [0.05, 0.1) is 6.42 Å². The number of rotatable bonds is 6. The summed E-state index contributed by atoms with van der Waals surface area (Å²) in [5, 5.41) is 6.35. The van der Waals surface area contributed by atoms with Crippen LogP contribution >= 0.6 is 23.7 Å². The molecule has 0 bridgehead atoms. The quantitative estimate of drug-likeness (QED) is 0.780. The second-order valence-electron chi connectivity index (χ2n) is 4.98. The summed E-state index contributed by atoms with van der Waals surface area (Å²) < 4.78 is 0. The molecule has 0 unspecified atom stereocenters. The number of amides is 1. The van der Waals surface area contributed by atoms with Crippen LogP contribution in [0.5, 0.6) is 0 Å². The van der Waals surface area contributed by atoms with Crippen molar-refractivity contribution in [2.45, 2.75) is 19.8 Å². The van der Waals surface area contributed by atoms with Crippen molar-refractivity contribution in [2.24, 2.45) is 0 Å². The summed E-state index contributed by atoms with van der Waals surface area (Å²) in [6.45, 7) is 8.37. The van der Waals surface area contributed by atoms with Crippen LogP contribution in [0.25, 0.3) is 0 Å². The Morgan fingerprint density at radius 2 is 2.15 bits per heavy atom. The predicted octanol–water partition coefficient (Wildman–Crippen LogP) is 1.43. The van der Waals surface area contributed by atoms with Crippen molar-refractivity contribution in [3.63, 3.8) is 0 Å². The summed E-state index contributed by atoms with van der Waals surface area (Å²) in [4.78, 5) is 16.6. The average Bonchev–Trinajstić information content (AvgIpc) is 2.81. The minimum atomic E-state index is 0. The van der Waals surface area contributed by atoms with Crippen LogP contribution in [0.15, 0.2) is 12.1 Å². The van der Waals surface area contributed by atoms with Gasteiger partial charge in [-0.05, 0) is 32.0 Å². The monoisotopic (exact) mass is 317 g/mol. The molecule has 2 N–H and O–H groups in total. The van der Waals surface area contributed by atoms with Crippen LogP contribution in [0.2, 0.25) is 0 Å². The third kappa shape index (κ3) is 6.22. The van der Waals surface area contributed by atoms with E-state index in [1.165, 1.54) is 4.88 Å². The van der Waals surface area contributed by atoms with Gasteiger partial charge in [-0.15, -0.1) is 23.7 Å². The topological polar surface area (TPSA) is 44.4 Å². The number of carbonyl (C=O) groups excluding carboxylic acids is 1. The highest BCUT2D eigenvalue weighted by molar-refractivity contribution is 7.12. The van der Waals surface area contributed by atoms with Crippen molar-refractivity contribution in [1.82, 2.24) is 15.5 Å². The second-order valence-corrected chi connectivity index (χ2v) is 6.36. The van der Waals surface area contributed by atoms with Crippen LogP contribution in [0, 0.1) is 6.92 Å². The lowest BCUT2D eigenvalue weighted by Crippen LogP contribution is -2.44. The van der Waals surface area contributed by atoms with Crippen LogP contribution in [0.1, 0.15) is 16.2 Å². The number of nitrogens with one attached hydrogen (secondary N) is 2. The van der Waals surface area contributed by atoms with E-state index in [9.17, 15) is 4.79 Å². The number of thiophene rings is 1. The van der Waals surface area contributed by atoms with Gasteiger partial charge >= 0.3 is 0 Å². The van der Waals surface area contributed by atoms with Crippen molar-refractivity contribution in [2.75, 3.05) is 39.3 Å². The molecule has 1 saturated heterocycles. The summed E-state index contributed by atoms with van der Waals surface area (Å²) in [5.41, 5.74) is 0. The Morgan fingerprint density at radius 1 is 1.40 bits per heavy atom. The first-order valence-corrected chi connectivity index (χ1v) is 7.81. The lowest BCUT2D eigenvalue weighted by molar-refractivity contribution is -0.120. The Bertz CT molecular complexity index is 405. The highest BCUT2D eigenvalue weighted by Gasteiger charge is 2.09. The van der Waals surface area contributed by atoms with E-state index < -0.39 is 0 Å². The van der Waals surface area contributed by atoms with E-state index >= 15 is 0 Å². The molecule has 0 spiro atoms. The first kappa shape index (κ1) is 17.4. The summed E-state index contributed by atoms with van der Waals surface area (Å²) in [7, 11) is 0. The van der Waals surface area contributed by atoms with Gasteiger partial charge in [0.1, 0.15) is 0 Å². The van der Waals surface area contributed by atoms with E-state index in [-0.39, 0.29) is 18.3 Å². The molecule has 0 saturated carbocycles. The molecular formula is C14H24ClN3OS. The van der Waals surface area contributed by atoms with Crippen LogP contribution in [-0.4, -0.2) is 50.1 Å². The Labute approximate surface area is 131 Å². The van der Waals surface area contributed by atoms with Gasteiger partial charge in [0.25, 0.3) is 0 Å². The molecule has 1 aliphatic rings. The number of nitrogens with zero attached hydrogens (tertiary/aromatic N) is 1. The Morgan fingerprint density at radius 3 is 2.80 bits per heavy atom. The van der Waals surface area contributed by atoms with Gasteiger partial charge in [0, 0.05) is 42.5 Å². The molecule has 4 nitrogen and oxygen atoms in total. The standard InChI is InChI=1S/C14H23N3OS.ClH/c1-12-3-4-13(19-12)11-14(18)16-5-2-8-17-9-6-15-7-10-17;/h3-4,15H,2,5-11H2,1H3,(H,16,18);1H. The average molecular weight is 318 g/mol. The van der Waals surface area contributed by atoms with Crippen LogP contribution in [0.3, 0.4) is 0 Å². The molecule has 0 radical (unpaired) electrons. The summed E-state index contributed by atoms with van der Waals surface area (Å²) in [5.74, 6) is 0.141. The number of carbonyl (C=O) groups is 1. The molecule has 0 atom stereocenters. The summed E-state index contributed by atoms with van der Waals surface area (Å²) >= 11 is 1.70. The molecule has 20 heavy (non-hydrogen) atoms. The molecule has 0 aromatic carbocycles. The zero-order valence-corrected chi connectivity index (χ0v) is 13.6.